The molecule has 0 spiro atoms. The molecule has 1 saturated carbocycles. The van der Waals surface area contributed by atoms with Crippen LogP contribution >= 0.6 is 0 Å². The molecular formula is C16H16FNO4. The number of benzene rings is 1. The van der Waals surface area contributed by atoms with Crippen molar-refractivity contribution in [3.8, 4) is 0 Å². The van der Waals surface area contributed by atoms with E-state index in [4.69, 9.17) is 9.52 Å². The Labute approximate surface area is 126 Å². The number of aryl methyl sites for hydroxylation is 1. The molecule has 1 heterocycles. The van der Waals surface area contributed by atoms with Crippen LogP contribution in [0.4, 0.5) is 4.39 Å². The molecule has 1 aliphatic rings. The van der Waals surface area contributed by atoms with Crippen molar-refractivity contribution in [1.82, 2.24) is 5.32 Å². The number of amides is 1. The van der Waals surface area contributed by atoms with E-state index in [2.05, 4.69) is 5.32 Å². The van der Waals surface area contributed by atoms with E-state index in [1.165, 1.54) is 18.2 Å². The smallest absolute Gasteiger partial charge is 0.308 e. The van der Waals surface area contributed by atoms with Gasteiger partial charge < -0.3 is 14.8 Å². The number of fused-ring (bicyclic) bond motifs is 1. The molecule has 0 aliphatic heterocycles. The molecule has 5 nitrogen and oxygen atoms in total. The van der Waals surface area contributed by atoms with Crippen molar-refractivity contribution in [3.63, 3.8) is 0 Å². The van der Waals surface area contributed by atoms with Crippen molar-refractivity contribution in [3.05, 3.63) is 35.3 Å². The van der Waals surface area contributed by atoms with Gasteiger partial charge in [0.15, 0.2) is 5.76 Å². The van der Waals surface area contributed by atoms with Crippen molar-refractivity contribution in [2.45, 2.75) is 32.2 Å². The Kier molecular flexibility index (Phi) is 3.60. The number of aliphatic carboxylic acids is 1. The molecule has 22 heavy (non-hydrogen) atoms. The van der Waals surface area contributed by atoms with Gasteiger partial charge in [0.25, 0.3) is 5.91 Å². The minimum Gasteiger partial charge on any atom is -0.481 e. The summed E-state index contributed by atoms with van der Waals surface area (Å²) < 4.78 is 18.8. The maximum absolute atomic E-state index is 13.3. The lowest BCUT2D eigenvalue weighted by Crippen LogP contribution is -2.40. The Morgan fingerprint density at radius 1 is 1.36 bits per heavy atom. The molecule has 2 N–H and O–H groups in total. The lowest BCUT2D eigenvalue weighted by Gasteiger charge is -2.16. The molecule has 1 fully saturated rings. The van der Waals surface area contributed by atoms with Gasteiger partial charge in [-0.2, -0.15) is 0 Å². The lowest BCUT2D eigenvalue weighted by atomic mass is 10.0. The van der Waals surface area contributed by atoms with Gasteiger partial charge >= 0.3 is 5.97 Å². The predicted octanol–water partition coefficient (Wildman–Crippen LogP) is 2.86. The molecule has 0 radical (unpaired) electrons. The van der Waals surface area contributed by atoms with E-state index in [9.17, 15) is 14.0 Å². The van der Waals surface area contributed by atoms with Crippen LogP contribution in [0.5, 0.6) is 0 Å². The average molecular weight is 305 g/mol. The number of hydrogen-bond acceptors (Lipinski definition) is 3. The number of carboxylic acids is 1. The van der Waals surface area contributed by atoms with Crippen molar-refractivity contribution in [2.24, 2.45) is 5.92 Å². The molecule has 1 aromatic heterocycles. The highest BCUT2D eigenvalue weighted by molar-refractivity contribution is 5.99. The molecule has 3 rings (SSSR count). The molecule has 116 valence electrons. The van der Waals surface area contributed by atoms with Gasteiger partial charge in [-0.25, -0.2) is 4.39 Å². The Balaban J connectivity index is 1.86. The van der Waals surface area contributed by atoms with E-state index >= 15 is 0 Å². The minimum absolute atomic E-state index is 0.108. The lowest BCUT2D eigenvalue weighted by molar-refractivity contribution is -0.142. The fourth-order valence-electron chi connectivity index (χ4n) is 3.07. The number of hydrogen-bond donors (Lipinski definition) is 2. The van der Waals surface area contributed by atoms with E-state index < -0.39 is 29.7 Å². The first-order valence-electron chi connectivity index (χ1n) is 7.19. The van der Waals surface area contributed by atoms with Crippen LogP contribution in [0, 0.1) is 18.7 Å². The highest BCUT2D eigenvalue weighted by atomic mass is 19.1. The third-order valence-electron chi connectivity index (χ3n) is 4.25. The van der Waals surface area contributed by atoms with Gasteiger partial charge in [0.2, 0.25) is 0 Å². The molecule has 1 aromatic carbocycles. The zero-order valence-electron chi connectivity index (χ0n) is 12.1. The Bertz CT molecular complexity index is 752. The highest BCUT2D eigenvalue weighted by Crippen LogP contribution is 2.28. The topological polar surface area (TPSA) is 79.5 Å². The number of rotatable bonds is 3. The van der Waals surface area contributed by atoms with Crippen LogP contribution in [0.25, 0.3) is 11.0 Å². The highest BCUT2D eigenvalue weighted by Gasteiger charge is 2.34. The molecule has 1 aliphatic carbocycles. The maximum atomic E-state index is 13.3. The molecule has 6 heteroatoms. The fraction of sp³-hybridized carbons (Fsp3) is 0.375. The largest absolute Gasteiger partial charge is 0.481 e. The summed E-state index contributed by atoms with van der Waals surface area (Å²) in [5.41, 5.74) is 0.988. The van der Waals surface area contributed by atoms with Crippen molar-refractivity contribution >= 4 is 22.8 Å². The number of carboxylic acid groups (broad SMARTS) is 1. The molecule has 0 saturated heterocycles. The molecule has 0 unspecified atom stereocenters. The first-order chi connectivity index (χ1) is 10.5. The number of furan rings is 1. The molecular weight excluding hydrogens is 289 g/mol. The maximum Gasteiger partial charge on any atom is 0.308 e. The van der Waals surface area contributed by atoms with Crippen LogP contribution in [0.2, 0.25) is 0 Å². The van der Waals surface area contributed by atoms with Gasteiger partial charge in [-0.15, -0.1) is 0 Å². The summed E-state index contributed by atoms with van der Waals surface area (Å²) in [6, 6.07) is 3.67. The summed E-state index contributed by atoms with van der Waals surface area (Å²) in [7, 11) is 0. The quantitative estimate of drug-likeness (QED) is 0.914. The monoisotopic (exact) mass is 305 g/mol. The second-order valence-electron chi connectivity index (χ2n) is 5.65. The SMILES string of the molecule is Cc1c(C(=O)N[C@@H]2CCC[C@@H]2C(=O)O)oc2ccc(F)cc12. The Morgan fingerprint density at radius 3 is 2.86 bits per heavy atom. The molecule has 0 bridgehead atoms. The van der Waals surface area contributed by atoms with E-state index in [1.807, 2.05) is 0 Å². The van der Waals surface area contributed by atoms with Crippen molar-refractivity contribution in [2.75, 3.05) is 0 Å². The van der Waals surface area contributed by atoms with Crippen LogP contribution in [-0.2, 0) is 4.79 Å². The Hall–Kier alpha value is -2.37. The van der Waals surface area contributed by atoms with Gasteiger partial charge in [0.05, 0.1) is 5.92 Å². The predicted molar refractivity (Wildman–Crippen MR) is 77.1 cm³/mol. The van der Waals surface area contributed by atoms with Crippen LogP contribution in [0.3, 0.4) is 0 Å². The van der Waals surface area contributed by atoms with E-state index in [0.29, 0.717) is 29.4 Å². The summed E-state index contributed by atoms with van der Waals surface area (Å²) in [6.45, 7) is 1.68. The van der Waals surface area contributed by atoms with E-state index in [-0.39, 0.29) is 5.76 Å². The normalized spacial score (nSPS) is 21.2. The number of nitrogens with one attached hydrogen (secondary N) is 1. The summed E-state index contributed by atoms with van der Waals surface area (Å²) in [5.74, 6) is -2.20. The number of carbonyl (C=O) groups is 2. The third-order valence-corrected chi connectivity index (χ3v) is 4.25. The summed E-state index contributed by atoms with van der Waals surface area (Å²) >= 11 is 0. The van der Waals surface area contributed by atoms with Crippen LogP contribution < -0.4 is 5.32 Å². The van der Waals surface area contributed by atoms with Crippen LogP contribution in [-0.4, -0.2) is 23.0 Å². The first-order valence-corrected chi connectivity index (χ1v) is 7.19. The van der Waals surface area contributed by atoms with Crippen LogP contribution in [0.15, 0.2) is 22.6 Å². The standard InChI is InChI=1S/C16H16FNO4/c1-8-11-7-9(17)5-6-13(11)22-14(8)15(19)18-12-4-2-3-10(12)16(20)21/h5-7,10,12H,2-4H2,1H3,(H,18,19)(H,20,21)/t10-,12+/m0/s1. The van der Waals surface area contributed by atoms with Crippen LogP contribution in [0.1, 0.15) is 35.4 Å². The summed E-state index contributed by atoms with van der Waals surface area (Å²) in [5, 5.41) is 12.4. The number of halogens is 1. The second-order valence-corrected chi connectivity index (χ2v) is 5.65. The molecule has 2 atom stereocenters. The minimum atomic E-state index is -0.897. The van der Waals surface area contributed by atoms with Gasteiger partial charge in [-0.05, 0) is 38.0 Å². The second kappa shape index (κ2) is 5.44. The van der Waals surface area contributed by atoms with Gasteiger partial charge in [-0.3, -0.25) is 9.59 Å². The van der Waals surface area contributed by atoms with Gasteiger partial charge in [0, 0.05) is 17.0 Å². The van der Waals surface area contributed by atoms with E-state index in [0.717, 1.165) is 6.42 Å². The Morgan fingerprint density at radius 2 is 2.14 bits per heavy atom. The third kappa shape index (κ3) is 2.45. The van der Waals surface area contributed by atoms with Gasteiger partial charge in [-0.1, -0.05) is 6.42 Å². The van der Waals surface area contributed by atoms with Crippen molar-refractivity contribution < 1.29 is 23.5 Å². The van der Waals surface area contributed by atoms with E-state index in [1.54, 1.807) is 6.92 Å². The fourth-order valence-corrected chi connectivity index (χ4v) is 3.07. The zero-order chi connectivity index (χ0) is 15.9. The average Bonchev–Trinajstić information content (AvgIpc) is 3.04. The first kappa shape index (κ1) is 14.6. The van der Waals surface area contributed by atoms with Gasteiger partial charge in [0.1, 0.15) is 11.4 Å². The van der Waals surface area contributed by atoms with Crippen molar-refractivity contribution in [1.29, 1.82) is 0 Å². The zero-order valence-corrected chi connectivity index (χ0v) is 12.1. The summed E-state index contributed by atoms with van der Waals surface area (Å²) in [6.07, 6.45) is 1.97. The summed E-state index contributed by atoms with van der Waals surface area (Å²) in [4.78, 5) is 23.5. The molecule has 2 aromatic rings. The number of carbonyl (C=O) groups excluding carboxylic acids is 1. The molecule has 1 amide bonds.